The van der Waals surface area contributed by atoms with Crippen LogP contribution in [-0.4, -0.2) is 21.4 Å². The Morgan fingerprint density at radius 2 is 2.54 bits per heavy atom. The lowest BCUT2D eigenvalue weighted by Gasteiger charge is -2.01. The Balaban J connectivity index is 2.54. The fourth-order valence-corrected chi connectivity index (χ4v) is 1.82. The largest absolute Gasteiger partial charge is 0.374 e. The first-order valence-electron chi connectivity index (χ1n) is 4.38. The monoisotopic (exact) mass is 196 g/mol. The van der Waals surface area contributed by atoms with E-state index in [1.54, 1.807) is 4.68 Å². The molecule has 3 N–H and O–H groups in total. The van der Waals surface area contributed by atoms with Crippen molar-refractivity contribution >= 4 is 23.1 Å². The predicted molar refractivity (Wildman–Crippen MR) is 56.0 cm³/mol. The number of thiocarbonyl (C=S) groups is 1. The quantitative estimate of drug-likeness (QED) is 0.642. The maximum Gasteiger partial charge on any atom is 0.193 e. The van der Waals surface area contributed by atoms with E-state index in [0.717, 1.165) is 30.9 Å². The molecule has 0 aromatic carbocycles. The van der Waals surface area contributed by atoms with Crippen molar-refractivity contribution in [3.05, 3.63) is 11.3 Å². The van der Waals surface area contributed by atoms with E-state index in [1.807, 2.05) is 0 Å². The van der Waals surface area contributed by atoms with Gasteiger partial charge in [0.1, 0.15) is 5.82 Å². The lowest BCUT2D eigenvalue weighted by atomic mass is 10.2. The molecule has 13 heavy (non-hydrogen) atoms. The second-order valence-corrected chi connectivity index (χ2v) is 3.47. The summed E-state index contributed by atoms with van der Waals surface area (Å²) in [5.41, 5.74) is 7.92. The molecule has 2 rings (SSSR count). The van der Waals surface area contributed by atoms with Crippen molar-refractivity contribution in [2.75, 3.05) is 11.9 Å². The van der Waals surface area contributed by atoms with Crippen LogP contribution in [0.5, 0.6) is 0 Å². The van der Waals surface area contributed by atoms with Crippen LogP contribution in [0.25, 0.3) is 0 Å². The minimum atomic E-state index is 0.311. The smallest absolute Gasteiger partial charge is 0.193 e. The summed E-state index contributed by atoms with van der Waals surface area (Å²) in [5, 5.41) is 7.89. The van der Waals surface area contributed by atoms with Gasteiger partial charge in [0.2, 0.25) is 0 Å². The maximum absolute atomic E-state index is 5.55. The zero-order chi connectivity index (χ0) is 9.42. The minimum absolute atomic E-state index is 0.311. The van der Waals surface area contributed by atoms with Crippen molar-refractivity contribution in [1.29, 1.82) is 0 Å². The molecule has 0 spiro atoms. The lowest BCUT2D eigenvalue weighted by molar-refractivity contribution is 0.869. The van der Waals surface area contributed by atoms with Gasteiger partial charge in [-0.1, -0.05) is 6.92 Å². The number of hydrogen-bond donors (Lipinski definition) is 2. The van der Waals surface area contributed by atoms with E-state index in [0.29, 0.717) is 5.11 Å². The zero-order valence-electron chi connectivity index (χ0n) is 7.50. The number of aryl methyl sites for hydroxylation is 1. The first kappa shape index (κ1) is 8.50. The van der Waals surface area contributed by atoms with Gasteiger partial charge in [0, 0.05) is 12.1 Å². The highest BCUT2D eigenvalue weighted by Crippen LogP contribution is 2.25. The van der Waals surface area contributed by atoms with E-state index < -0.39 is 0 Å². The van der Waals surface area contributed by atoms with Crippen LogP contribution in [-0.2, 0) is 12.8 Å². The third kappa shape index (κ3) is 1.19. The number of anilines is 1. The second kappa shape index (κ2) is 2.99. The van der Waals surface area contributed by atoms with Gasteiger partial charge in [-0.2, -0.15) is 9.78 Å². The van der Waals surface area contributed by atoms with Gasteiger partial charge < -0.3 is 11.1 Å². The molecule has 0 saturated carbocycles. The van der Waals surface area contributed by atoms with Gasteiger partial charge in [-0.15, -0.1) is 0 Å². The van der Waals surface area contributed by atoms with Crippen LogP contribution in [0.3, 0.4) is 0 Å². The maximum atomic E-state index is 5.55. The molecule has 0 saturated heterocycles. The summed E-state index contributed by atoms with van der Waals surface area (Å²) in [6.45, 7) is 3.05. The van der Waals surface area contributed by atoms with Crippen LogP contribution in [0.15, 0.2) is 0 Å². The normalized spacial score (nSPS) is 13.9. The van der Waals surface area contributed by atoms with Crippen molar-refractivity contribution in [3.8, 4) is 0 Å². The van der Waals surface area contributed by atoms with Crippen LogP contribution >= 0.6 is 12.2 Å². The Morgan fingerprint density at radius 3 is 3.15 bits per heavy atom. The van der Waals surface area contributed by atoms with E-state index >= 15 is 0 Å². The summed E-state index contributed by atoms with van der Waals surface area (Å²) in [6.07, 6.45) is 1.96. The topological polar surface area (TPSA) is 55.9 Å². The average Bonchev–Trinajstić information content (AvgIpc) is 2.61. The Hall–Kier alpha value is -1.10. The van der Waals surface area contributed by atoms with Crippen LogP contribution in [0.2, 0.25) is 0 Å². The molecule has 0 atom stereocenters. The minimum Gasteiger partial charge on any atom is -0.374 e. The fraction of sp³-hybridized carbons (Fsp3) is 0.500. The second-order valence-electron chi connectivity index (χ2n) is 3.05. The van der Waals surface area contributed by atoms with Crippen molar-refractivity contribution in [2.24, 2.45) is 5.73 Å². The first-order chi connectivity index (χ1) is 6.24. The highest BCUT2D eigenvalue weighted by Gasteiger charge is 2.21. The number of nitrogens with two attached hydrogens (primary N) is 1. The molecule has 1 aromatic rings. The number of rotatable bonds is 1. The molecular weight excluding hydrogens is 184 g/mol. The molecule has 0 bridgehead atoms. The molecular formula is C8H12N4S. The molecule has 70 valence electrons. The number of nitrogens with zero attached hydrogens (tertiary/aromatic N) is 2. The van der Waals surface area contributed by atoms with Crippen molar-refractivity contribution in [1.82, 2.24) is 9.78 Å². The standard InChI is InChI=1S/C8H12N4S/c1-2-6-5-3-4-10-7(5)12(11-6)8(9)13/h10H,2-4H2,1H3,(H2,9,13). The van der Waals surface area contributed by atoms with Gasteiger partial charge >= 0.3 is 0 Å². The van der Waals surface area contributed by atoms with Gasteiger partial charge in [-0.25, -0.2) is 0 Å². The Kier molecular flexibility index (Phi) is 1.95. The third-order valence-electron chi connectivity index (χ3n) is 2.28. The molecule has 0 fully saturated rings. The van der Waals surface area contributed by atoms with E-state index in [9.17, 15) is 0 Å². The summed E-state index contributed by atoms with van der Waals surface area (Å²) in [7, 11) is 0. The molecule has 1 aromatic heterocycles. The molecule has 4 nitrogen and oxygen atoms in total. The van der Waals surface area contributed by atoms with Gasteiger partial charge in [0.25, 0.3) is 0 Å². The van der Waals surface area contributed by atoms with Crippen molar-refractivity contribution < 1.29 is 0 Å². The molecule has 5 heteroatoms. The summed E-state index contributed by atoms with van der Waals surface area (Å²) >= 11 is 4.90. The summed E-state index contributed by atoms with van der Waals surface area (Å²) in [5.74, 6) is 0.990. The molecule has 0 aliphatic carbocycles. The predicted octanol–water partition coefficient (Wildman–Crippen LogP) is 0.505. The van der Waals surface area contributed by atoms with Crippen molar-refractivity contribution in [3.63, 3.8) is 0 Å². The fourth-order valence-electron chi connectivity index (χ4n) is 1.69. The Bertz CT molecular complexity index is 355. The van der Waals surface area contributed by atoms with E-state index in [-0.39, 0.29) is 0 Å². The number of hydrogen-bond acceptors (Lipinski definition) is 3. The van der Waals surface area contributed by atoms with Crippen LogP contribution in [0.1, 0.15) is 18.2 Å². The highest BCUT2D eigenvalue weighted by atomic mass is 32.1. The summed E-state index contributed by atoms with van der Waals surface area (Å²) < 4.78 is 1.62. The summed E-state index contributed by atoms with van der Waals surface area (Å²) in [6, 6.07) is 0. The number of nitrogens with one attached hydrogen (secondary N) is 1. The number of fused-ring (bicyclic) bond motifs is 1. The summed E-state index contributed by atoms with van der Waals surface area (Å²) in [4.78, 5) is 0. The van der Waals surface area contributed by atoms with Crippen molar-refractivity contribution in [2.45, 2.75) is 19.8 Å². The van der Waals surface area contributed by atoms with Crippen LogP contribution in [0.4, 0.5) is 5.82 Å². The molecule has 0 amide bonds. The van der Waals surface area contributed by atoms with Gasteiger partial charge in [0.05, 0.1) is 5.69 Å². The third-order valence-corrected chi connectivity index (χ3v) is 2.45. The molecule has 0 radical (unpaired) electrons. The molecule has 2 heterocycles. The molecule has 1 aliphatic rings. The van der Waals surface area contributed by atoms with E-state index in [1.165, 1.54) is 5.56 Å². The Morgan fingerprint density at radius 1 is 1.77 bits per heavy atom. The highest BCUT2D eigenvalue weighted by molar-refractivity contribution is 7.80. The number of aromatic nitrogens is 2. The van der Waals surface area contributed by atoms with E-state index in [2.05, 4.69) is 17.3 Å². The SMILES string of the molecule is CCc1nn(C(N)=S)c2c1CCN2. The van der Waals surface area contributed by atoms with Gasteiger partial charge in [-0.3, -0.25) is 0 Å². The van der Waals surface area contributed by atoms with Crippen LogP contribution in [0, 0.1) is 0 Å². The van der Waals surface area contributed by atoms with Gasteiger partial charge in [0.15, 0.2) is 5.11 Å². The van der Waals surface area contributed by atoms with Gasteiger partial charge in [-0.05, 0) is 25.1 Å². The average molecular weight is 196 g/mol. The zero-order valence-corrected chi connectivity index (χ0v) is 8.32. The Labute approximate surface area is 82.1 Å². The van der Waals surface area contributed by atoms with E-state index in [4.69, 9.17) is 18.0 Å². The lowest BCUT2D eigenvalue weighted by Crippen LogP contribution is -2.22. The molecule has 1 aliphatic heterocycles. The first-order valence-corrected chi connectivity index (χ1v) is 4.79. The molecule has 0 unspecified atom stereocenters. The van der Waals surface area contributed by atoms with Crippen LogP contribution < -0.4 is 11.1 Å².